The van der Waals surface area contributed by atoms with Gasteiger partial charge in [0.25, 0.3) is 0 Å². The van der Waals surface area contributed by atoms with Gasteiger partial charge in [0.15, 0.2) is 5.78 Å². The van der Waals surface area contributed by atoms with Crippen molar-refractivity contribution in [3.8, 4) is 5.75 Å². The summed E-state index contributed by atoms with van der Waals surface area (Å²) < 4.78 is 11.2. The van der Waals surface area contributed by atoms with Crippen molar-refractivity contribution in [2.75, 3.05) is 7.11 Å². The van der Waals surface area contributed by atoms with E-state index in [9.17, 15) is 9.59 Å². The summed E-state index contributed by atoms with van der Waals surface area (Å²) in [4.78, 5) is 30.2. The second-order valence-corrected chi connectivity index (χ2v) is 9.89. The average molecular weight is 446 g/mol. The molecular formula is C28H31NO4. The Balaban J connectivity index is 1.72. The Morgan fingerprint density at radius 3 is 2.58 bits per heavy atom. The van der Waals surface area contributed by atoms with E-state index in [0.717, 1.165) is 41.4 Å². The maximum absolute atomic E-state index is 13.5. The van der Waals surface area contributed by atoms with E-state index in [1.165, 1.54) is 6.92 Å². The molecule has 0 spiro atoms. The summed E-state index contributed by atoms with van der Waals surface area (Å²) >= 11 is 0. The minimum absolute atomic E-state index is 0.0250. The van der Waals surface area contributed by atoms with Gasteiger partial charge in [0, 0.05) is 22.2 Å². The number of methoxy groups -OCH3 is 1. The normalized spacial score (nSPS) is 15.7. The fourth-order valence-corrected chi connectivity index (χ4v) is 4.69. The number of aromatic nitrogens is 1. The third-order valence-electron chi connectivity index (χ3n) is 6.73. The Labute approximate surface area is 195 Å². The summed E-state index contributed by atoms with van der Waals surface area (Å²) in [6.45, 7) is 8.30. The highest BCUT2D eigenvalue weighted by Gasteiger charge is 2.33. The number of nitrogens with zero attached hydrogens (tertiary/aromatic N) is 1. The standard InChI is InChI=1S/C28H31NO4/c1-17(30)18-10-13-25(32-5)19(14-18)16-33-27(31)26-21-8-6-7-9-23(21)29-24-12-11-20(15-22(24)26)28(2,3)4/h6-10,13-14,20H,11-12,15-16H2,1-5H3. The third-order valence-corrected chi connectivity index (χ3v) is 6.73. The lowest BCUT2D eigenvalue weighted by molar-refractivity contribution is 0.0469. The molecule has 0 N–H and O–H groups in total. The van der Waals surface area contributed by atoms with E-state index < -0.39 is 0 Å². The van der Waals surface area contributed by atoms with Gasteiger partial charge in [-0.3, -0.25) is 9.78 Å². The van der Waals surface area contributed by atoms with Crippen molar-refractivity contribution >= 4 is 22.7 Å². The van der Waals surface area contributed by atoms with Crippen LogP contribution >= 0.6 is 0 Å². The van der Waals surface area contributed by atoms with Crippen LogP contribution in [0, 0.1) is 11.3 Å². The lowest BCUT2D eigenvalue weighted by Gasteiger charge is -2.35. The molecule has 2 aromatic carbocycles. The Bertz CT molecular complexity index is 1220. The number of ketones is 1. The van der Waals surface area contributed by atoms with Crippen LogP contribution in [0.5, 0.6) is 5.75 Å². The third kappa shape index (κ3) is 4.63. The molecule has 1 aliphatic carbocycles. The van der Waals surface area contributed by atoms with Crippen molar-refractivity contribution in [3.63, 3.8) is 0 Å². The molecule has 5 nitrogen and oxygen atoms in total. The van der Waals surface area contributed by atoms with E-state index >= 15 is 0 Å². The molecule has 1 unspecified atom stereocenters. The lowest BCUT2D eigenvalue weighted by Crippen LogP contribution is -2.29. The summed E-state index contributed by atoms with van der Waals surface area (Å²) in [5.41, 5.74) is 4.80. The van der Waals surface area contributed by atoms with Crippen LogP contribution in [-0.4, -0.2) is 23.8 Å². The van der Waals surface area contributed by atoms with E-state index in [2.05, 4.69) is 20.8 Å². The molecule has 0 fully saturated rings. The fraction of sp³-hybridized carbons (Fsp3) is 0.393. The molecule has 0 saturated carbocycles. The molecule has 5 heteroatoms. The van der Waals surface area contributed by atoms with Gasteiger partial charge in [0.05, 0.1) is 18.2 Å². The van der Waals surface area contributed by atoms with Gasteiger partial charge in [-0.15, -0.1) is 0 Å². The quantitative estimate of drug-likeness (QED) is 0.358. The summed E-state index contributed by atoms with van der Waals surface area (Å²) in [5, 5.41) is 0.820. The van der Waals surface area contributed by atoms with Gasteiger partial charge in [-0.1, -0.05) is 39.0 Å². The molecule has 1 aromatic heterocycles. The predicted octanol–water partition coefficient (Wildman–Crippen LogP) is 5.95. The summed E-state index contributed by atoms with van der Waals surface area (Å²) in [7, 11) is 1.56. The highest BCUT2D eigenvalue weighted by molar-refractivity contribution is 6.05. The average Bonchev–Trinajstić information content (AvgIpc) is 2.79. The molecule has 1 heterocycles. The first kappa shape index (κ1) is 23.0. The molecule has 0 saturated heterocycles. The lowest BCUT2D eigenvalue weighted by atomic mass is 9.70. The molecule has 172 valence electrons. The molecule has 0 bridgehead atoms. The smallest absolute Gasteiger partial charge is 0.339 e. The van der Waals surface area contributed by atoms with Crippen LogP contribution in [0.15, 0.2) is 42.5 Å². The van der Waals surface area contributed by atoms with Crippen LogP contribution in [0.2, 0.25) is 0 Å². The van der Waals surface area contributed by atoms with Crippen molar-refractivity contribution in [1.82, 2.24) is 4.98 Å². The van der Waals surface area contributed by atoms with Crippen LogP contribution in [0.25, 0.3) is 10.9 Å². The Kier molecular flexibility index (Phi) is 6.24. The van der Waals surface area contributed by atoms with E-state index in [1.54, 1.807) is 25.3 Å². The van der Waals surface area contributed by atoms with Gasteiger partial charge in [0.1, 0.15) is 12.4 Å². The van der Waals surface area contributed by atoms with Gasteiger partial charge < -0.3 is 9.47 Å². The fourth-order valence-electron chi connectivity index (χ4n) is 4.69. The number of rotatable bonds is 5. The van der Waals surface area contributed by atoms with Crippen LogP contribution in [0.3, 0.4) is 0 Å². The summed E-state index contributed by atoms with van der Waals surface area (Å²) in [6, 6.07) is 12.9. The number of ether oxygens (including phenoxy) is 2. The first-order valence-corrected chi connectivity index (χ1v) is 11.4. The van der Waals surface area contributed by atoms with Gasteiger partial charge in [-0.25, -0.2) is 4.79 Å². The highest BCUT2D eigenvalue weighted by Crippen LogP contribution is 2.39. The zero-order chi connectivity index (χ0) is 23.8. The number of aryl methyl sites for hydroxylation is 1. The highest BCUT2D eigenvalue weighted by atomic mass is 16.5. The maximum atomic E-state index is 13.5. The Morgan fingerprint density at radius 1 is 1.12 bits per heavy atom. The number of para-hydroxylation sites is 1. The number of hydrogen-bond donors (Lipinski definition) is 0. The Morgan fingerprint density at radius 2 is 1.88 bits per heavy atom. The van der Waals surface area contributed by atoms with Crippen molar-refractivity contribution in [3.05, 3.63) is 70.4 Å². The monoisotopic (exact) mass is 445 g/mol. The van der Waals surface area contributed by atoms with Crippen LogP contribution in [0.1, 0.15) is 71.7 Å². The van der Waals surface area contributed by atoms with Crippen molar-refractivity contribution < 1.29 is 19.1 Å². The van der Waals surface area contributed by atoms with Crippen molar-refractivity contribution in [2.24, 2.45) is 11.3 Å². The van der Waals surface area contributed by atoms with Crippen LogP contribution < -0.4 is 4.74 Å². The molecule has 0 amide bonds. The van der Waals surface area contributed by atoms with Gasteiger partial charge in [0.2, 0.25) is 0 Å². The number of carbonyl (C=O) groups excluding carboxylic acids is 2. The molecule has 0 aliphatic heterocycles. The first-order chi connectivity index (χ1) is 15.7. The van der Waals surface area contributed by atoms with Crippen LogP contribution in [0.4, 0.5) is 0 Å². The number of carbonyl (C=O) groups is 2. The second-order valence-electron chi connectivity index (χ2n) is 9.89. The van der Waals surface area contributed by atoms with Crippen molar-refractivity contribution in [1.29, 1.82) is 0 Å². The minimum Gasteiger partial charge on any atom is -0.496 e. The molecule has 33 heavy (non-hydrogen) atoms. The van der Waals surface area contributed by atoms with Gasteiger partial charge >= 0.3 is 5.97 Å². The van der Waals surface area contributed by atoms with E-state index in [0.29, 0.717) is 28.4 Å². The van der Waals surface area contributed by atoms with Crippen molar-refractivity contribution in [2.45, 2.75) is 53.6 Å². The number of pyridine rings is 1. The SMILES string of the molecule is COc1ccc(C(C)=O)cc1COC(=O)c1c2c(nc3ccccc13)CCC(C(C)(C)C)C2. The molecule has 0 radical (unpaired) electrons. The zero-order valence-corrected chi connectivity index (χ0v) is 20.0. The second kappa shape index (κ2) is 8.97. The van der Waals surface area contributed by atoms with Crippen LogP contribution in [-0.2, 0) is 24.2 Å². The van der Waals surface area contributed by atoms with E-state index in [4.69, 9.17) is 14.5 Å². The largest absolute Gasteiger partial charge is 0.496 e. The van der Waals surface area contributed by atoms with E-state index in [-0.39, 0.29) is 23.8 Å². The first-order valence-electron chi connectivity index (χ1n) is 11.4. The Hall–Kier alpha value is -3.21. The summed E-state index contributed by atoms with van der Waals surface area (Å²) in [5.74, 6) is 0.636. The number of benzene rings is 2. The predicted molar refractivity (Wildman–Crippen MR) is 129 cm³/mol. The van der Waals surface area contributed by atoms with Gasteiger partial charge in [-0.2, -0.15) is 0 Å². The topological polar surface area (TPSA) is 65.5 Å². The molecule has 1 atom stereocenters. The molecular weight excluding hydrogens is 414 g/mol. The molecule has 3 aromatic rings. The minimum atomic E-state index is -0.366. The number of esters is 1. The number of fused-ring (bicyclic) bond motifs is 2. The zero-order valence-electron chi connectivity index (χ0n) is 20.0. The molecule has 1 aliphatic rings. The number of Topliss-reactive ketones (excluding diaryl/α,β-unsaturated/α-hetero) is 1. The maximum Gasteiger partial charge on any atom is 0.339 e. The van der Waals surface area contributed by atoms with Gasteiger partial charge in [-0.05, 0) is 67.3 Å². The van der Waals surface area contributed by atoms with E-state index in [1.807, 2.05) is 24.3 Å². The number of hydrogen-bond acceptors (Lipinski definition) is 5. The summed E-state index contributed by atoms with van der Waals surface area (Å²) in [6.07, 6.45) is 2.73. The molecule has 4 rings (SSSR count).